The summed E-state index contributed by atoms with van der Waals surface area (Å²) >= 11 is 6.27. The Morgan fingerprint density at radius 3 is 2.31 bits per heavy atom. The van der Waals surface area contributed by atoms with Gasteiger partial charge in [0.2, 0.25) is 11.9 Å². The van der Waals surface area contributed by atoms with Crippen molar-refractivity contribution in [2.24, 2.45) is 0 Å². The fraction of sp³-hybridized carbons (Fsp3) is 0.276. The lowest BCUT2D eigenvalue weighted by atomic mass is 9.91. The van der Waals surface area contributed by atoms with Crippen molar-refractivity contribution < 1.29 is 18.0 Å². The van der Waals surface area contributed by atoms with Crippen molar-refractivity contribution in [2.45, 2.75) is 30.8 Å². The fourth-order valence-corrected chi connectivity index (χ4v) is 7.39. The van der Waals surface area contributed by atoms with E-state index in [1.807, 2.05) is 24.3 Å². The standard InChI is InChI=1S/C29H28ClN7O4S/c1-20(38)34-10-12-35(13-11-34)42(40,41)26-18-33-28-36(25-5-3-4-24(30)14-25)27(39)29(2,37(26)28)15-21-6-8-22(9-7-21)23-16-31-19-32-17-23/h3-9,14,16-19H,10-13,15H2,1-2H3/t29-/m1/s1. The molecule has 0 spiro atoms. The Hall–Kier alpha value is -4.13. The Bertz CT molecular complexity index is 1770. The molecule has 6 rings (SSSR count). The molecule has 11 nitrogen and oxygen atoms in total. The van der Waals surface area contributed by atoms with Crippen LogP contribution in [0.25, 0.3) is 11.1 Å². The van der Waals surface area contributed by atoms with E-state index in [1.165, 1.54) is 33.2 Å². The third-order valence-corrected chi connectivity index (χ3v) is 9.92. The van der Waals surface area contributed by atoms with Crippen LogP contribution in [-0.2, 0) is 31.6 Å². The zero-order chi connectivity index (χ0) is 29.6. The van der Waals surface area contributed by atoms with E-state index in [9.17, 15) is 18.0 Å². The minimum Gasteiger partial charge on any atom is -0.340 e. The van der Waals surface area contributed by atoms with E-state index in [2.05, 4.69) is 15.0 Å². The smallest absolute Gasteiger partial charge is 0.260 e. The number of piperazine rings is 1. The molecule has 0 aliphatic carbocycles. The Kier molecular flexibility index (Phi) is 7.08. The van der Waals surface area contributed by atoms with E-state index in [0.717, 1.165) is 16.7 Å². The first kappa shape index (κ1) is 28.0. The van der Waals surface area contributed by atoms with Crippen LogP contribution in [0.5, 0.6) is 0 Å². The van der Waals surface area contributed by atoms with Gasteiger partial charge in [-0.3, -0.25) is 14.2 Å². The Morgan fingerprint density at radius 2 is 1.67 bits per heavy atom. The summed E-state index contributed by atoms with van der Waals surface area (Å²) in [6.45, 7) is 4.08. The molecule has 0 bridgehead atoms. The van der Waals surface area contributed by atoms with E-state index in [4.69, 9.17) is 11.6 Å². The number of amides is 2. The van der Waals surface area contributed by atoms with Crippen LogP contribution in [-0.4, -0.2) is 75.1 Å². The number of hydrogen-bond donors (Lipinski definition) is 0. The minimum absolute atomic E-state index is 0.0767. The molecule has 42 heavy (non-hydrogen) atoms. The van der Waals surface area contributed by atoms with Crippen LogP contribution in [0.2, 0.25) is 5.02 Å². The largest absolute Gasteiger partial charge is 0.340 e. The number of halogens is 1. The summed E-state index contributed by atoms with van der Waals surface area (Å²) in [4.78, 5) is 41.7. The third-order valence-electron chi connectivity index (χ3n) is 7.82. The number of aromatic nitrogens is 4. The van der Waals surface area contributed by atoms with E-state index in [1.54, 1.807) is 48.5 Å². The first-order valence-corrected chi connectivity index (χ1v) is 15.2. The molecule has 2 aromatic heterocycles. The highest BCUT2D eigenvalue weighted by molar-refractivity contribution is 7.89. The van der Waals surface area contributed by atoms with Crippen molar-refractivity contribution in [3.63, 3.8) is 0 Å². The lowest BCUT2D eigenvalue weighted by Gasteiger charge is -2.34. The molecular formula is C29H28ClN7O4S. The molecule has 0 radical (unpaired) electrons. The second kappa shape index (κ2) is 10.6. The number of carbonyl (C=O) groups excluding carboxylic acids is 2. The zero-order valence-corrected chi connectivity index (χ0v) is 24.6. The number of fused-ring (bicyclic) bond motifs is 1. The van der Waals surface area contributed by atoms with Crippen LogP contribution in [0.15, 0.2) is 78.5 Å². The van der Waals surface area contributed by atoms with E-state index in [0.29, 0.717) is 23.8 Å². The summed E-state index contributed by atoms with van der Waals surface area (Å²) in [5.41, 5.74) is 1.77. The van der Waals surface area contributed by atoms with Gasteiger partial charge in [0.05, 0.1) is 11.9 Å². The summed E-state index contributed by atoms with van der Waals surface area (Å²) in [7, 11) is -4.06. The normalized spacial score (nSPS) is 19.3. The van der Waals surface area contributed by atoms with Crippen LogP contribution in [0.4, 0.5) is 11.6 Å². The number of imidazole rings is 1. The van der Waals surface area contributed by atoms with E-state index < -0.39 is 15.6 Å². The maximum Gasteiger partial charge on any atom is 0.260 e. The van der Waals surface area contributed by atoms with Crippen molar-refractivity contribution >= 4 is 45.1 Å². The van der Waals surface area contributed by atoms with Gasteiger partial charge in [-0.15, -0.1) is 0 Å². The van der Waals surface area contributed by atoms with E-state index >= 15 is 0 Å². The number of carbonyl (C=O) groups is 2. The molecule has 216 valence electrons. The molecule has 1 atom stereocenters. The molecule has 2 amide bonds. The summed E-state index contributed by atoms with van der Waals surface area (Å²) in [6.07, 6.45) is 6.42. The molecule has 0 N–H and O–H groups in total. The molecule has 1 saturated heterocycles. The number of sulfonamides is 1. The second-order valence-electron chi connectivity index (χ2n) is 10.5. The number of benzene rings is 2. The van der Waals surface area contributed by atoms with Crippen LogP contribution in [0.3, 0.4) is 0 Å². The van der Waals surface area contributed by atoms with Gasteiger partial charge >= 0.3 is 0 Å². The van der Waals surface area contributed by atoms with Gasteiger partial charge in [-0.25, -0.2) is 28.3 Å². The molecule has 2 aromatic carbocycles. The molecule has 1 fully saturated rings. The van der Waals surface area contributed by atoms with Gasteiger partial charge in [-0.1, -0.05) is 41.9 Å². The maximum atomic E-state index is 14.3. The van der Waals surface area contributed by atoms with Crippen LogP contribution < -0.4 is 4.90 Å². The van der Waals surface area contributed by atoms with Crippen molar-refractivity contribution in [3.8, 4) is 11.1 Å². The number of anilines is 2. The Balaban J connectivity index is 1.41. The van der Waals surface area contributed by atoms with Gasteiger partial charge in [-0.2, -0.15) is 4.31 Å². The van der Waals surface area contributed by atoms with Crippen LogP contribution >= 0.6 is 11.6 Å². The van der Waals surface area contributed by atoms with Crippen molar-refractivity contribution in [3.05, 3.63) is 84.0 Å². The topological polar surface area (TPSA) is 122 Å². The lowest BCUT2D eigenvalue weighted by Crippen LogP contribution is -2.50. The predicted octanol–water partition coefficient (Wildman–Crippen LogP) is 3.48. The average molecular weight is 606 g/mol. The Labute approximate surface area is 248 Å². The summed E-state index contributed by atoms with van der Waals surface area (Å²) in [6, 6.07) is 14.5. The summed E-state index contributed by atoms with van der Waals surface area (Å²) < 4.78 is 30.9. The maximum absolute atomic E-state index is 14.3. The zero-order valence-electron chi connectivity index (χ0n) is 23.0. The quantitative estimate of drug-likeness (QED) is 0.330. The van der Waals surface area contributed by atoms with Crippen LogP contribution in [0, 0.1) is 0 Å². The summed E-state index contributed by atoms with van der Waals surface area (Å²) in [5, 5.41) is 0.357. The number of hydrogen-bond acceptors (Lipinski definition) is 7. The monoisotopic (exact) mass is 605 g/mol. The molecule has 4 heterocycles. The predicted molar refractivity (Wildman–Crippen MR) is 157 cm³/mol. The molecule has 4 aromatic rings. The molecule has 13 heteroatoms. The molecule has 2 aliphatic rings. The average Bonchev–Trinajstić information content (AvgIpc) is 3.52. The summed E-state index contributed by atoms with van der Waals surface area (Å²) in [5.74, 6) is -0.228. The first-order chi connectivity index (χ1) is 20.1. The van der Waals surface area contributed by atoms with Gasteiger partial charge in [0, 0.05) is 62.5 Å². The number of rotatable bonds is 6. The highest BCUT2D eigenvalue weighted by Crippen LogP contribution is 2.44. The fourth-order valence-electron chi connectivity index (χ4n) is 5.60. The van der Waals surface area contributed by atoms with Gasteiger partial charge < -0.3 is 4.90 Å². The van der Waals surface area contributed by atoms with Crippen molar-refractivity contribution in [2.75, 3.05) is 31.1 Å². The highest BCUT2D eigenvalue weighted by Gasteiger charge is 2.52. The molecule has 0 unspecified atom stereocenters. The minimum atomic E-state index is -4.06. The highest BCUT2D eigenvalue weighted by atomic mass is 35.5. The van der Waals surface area contributed by atoms with Gasteiger partial charge in [0.25, 0.3) is 15.9 Å². The molecular weight excluding hydrogens is 578 g/mol. The Morgan fingerprint density at radius 1 is 0.976 bits per heavy atom. The van der Waals surface area contributed by atoms with E-state index in [-0.39, 0.29) is 42.3 Å². The third kappa shape index (κ3) is 4.75. The molecule has 2 aliphatic heterocycles. The van der Waals surface area contributed by atoms with Crippen molar-refractivity contribution in [1.29, 1.82) is 0 Å². The number of nitrogens with zero attached hydrogens (tertiary/aromatic N) is 7. The van der Waals surface area contributed by atoms with Crippen LogP contribution in [0.1, 0.15) is 19.4 Å². The van der Waals surface area contributed by atoms with Gasteiger partial charge in [0.15, 0.2) is 5.03 Å². The first-order valence-electron chi connectivity index (χ1n) is 13.4. The lowest BCUT2D eigenvalue weighted by molar-refractivity contribution is -0.130. The van der Waals surface area contributed by atoms with Crippen molar-refractivity contribution in [1.82, 2.24) is 28.7 Å². The molecule has 0 saturated carbocycles. The second-order valence-corrected chi connectivity index (χ2v) is 12.9. The SMILES string of the molecule is CC(=O)N1CCN(S(=O)(=O)c2cnc3n2[C@](C)(Cc2ccc(-c4cncnc4)cc2)C(=O)N3c2cccc(Cl)c2)CC1. The van der Waals surface area contributed by atoms with Gasteiger partial charge in [0.1, 0.15) is 11.9 Å². The van der Waals surface area contributed by atoms with Gasteiger partial charge in [-0.05, 0) is 36.2 Å².